The van der Waals surface area contributed by atoms with Crippen LogP contribution in [0, 0.1) is 6.92 Å². The first-order valence-electron chi connectivity index (χ1n) is 8.48. The van der Waals surface area contributed by atoms with Gasteiger partial charge in [-0.2, -0.15) is 0 Å². The second-order valence-corrected chi connectivity index (χ2v) is 6.49. The van der Waals surface area contributed by atoms with Gasteiger partial charge in [-0.05, 0) is 30.9 Å². The van der Waals surface area contributed by atoms with Gasteiger partial charge >= 0.3 is 18.9 Å². The molecule has 1 aromatic carbocycles. The van der Waals surface area contributed by atoms with Gasteiger partial charge in [-0.1, -0.05) is 24.3 Å². The molecule has 8 heteroatoms. The van der Waals surface area contributed by atoms with E-state index in [9.17, 15) is 9.90 Å². The minimum Gasteiger partial charge on any atom is -0.548 e. The van der Waals surface area contributed by atoms with Crippen LogP contribution >= 0.6 is 0 Å². The van der Waals surface area contributed by atoms with Crippen molar-refractivity contribution in [2.45, 2.75) is 32.4 Å². The number of aliphatic carboxylic acids is 1. The minimum absolute atomic E-state index is 0. The number of carboxylic acid groups (broad SMARTS) is 1. The fourth-order valence-corrected chi connectivity index (χ4v) is 3.32. The van der Waals surface area contributed by atoms with Crippen LogP contribution in [0.4, 0.5) is 5.95 Å². The first kappa shape index (κ1) is 19.1. The van der Waals surface area contributed by atoms with E-state index in [0.29, 0.717) is 23.5 Å². The molecule has 2 aromatic heterocycles. The van der Waals surface area contributed by atoms with Crippen LogP contribution in [0.3, 0.4) is 0 Å². The van der Waals surface area contributed by atoms with Crippen molar-refractivity contribution in [1.29, 1.82) is 0 Å². The van der Waals surface area contributed by atoms with Crippen molar-refractivity contribution in [1.82, 2.24) is 19.5 Å². The largest absolute Gasteiger partial charge is 1.00 e. The van der Waals surface area contributed by atoms with Crippen LogP contribution in [-0.4, -0.2) is 31.5 Å². The summed E-state index contributed by atoms with van der Waals surface area (Å²) < 4.78 is 1.53. The Hall–Kier alpha value is -2.62. The molecule has 1 N–H and O–H groups in total. The van der Waals surface area contributed by atoms with Gasteiger partial charge in [0.25, 0.3) is 0 Å². The van der Waals surface area contributed by atoms with E-state index in [4.69, 9.17) is 0 Å². The maximum atomic E-state index is 10.8. The third-order valence-corrected chi connectivity index (χ3v) is 4.61. The van der Waals surface area contributed by atoms with Crippen molar-refractivity contribution in [3.63, 3.8) is 0 Å². The normalized spacial score (nSPS) is 13.1. The van der Waals surface area contributed by atoms with Crippen molar-refractivity contribution in [3.05, 3.63) is 59.8 Å². The molecule has 132 valence electrons. The summed E-state index contributed by atoms with van der Waals surface area (Å²) >= 11 is 0. The number of nitrogens with one attached hydrogen (secondary N) is 1. The quantitative estimate of drug-likeness (QED) is 0.531. The SMILES string of the molecule is Cc1nc(-c2cnc(NC3Cc4ccccc4C3)nc2)cn1CC(=O)[O-].[Li+]. The van der Waals surface area contributed by atoms with Crippen LogP contribution in [0.5, 0.6) is 0 Å². The number of rotatable bonds is 5. The number of fused-ring (bicyclic) bond motifs is 1. The summed E-state index contributed by atoms with van der Waals surface area (Å²) in [6, 6.07) is 8.74. The molecule has 0 aliphatic heterocycles. The van der Waals surface area contributed by atoms with E-state index in [2.05, 4.69) is 44.5 Å². The molecule has 0 unspecified atom stereocenters. The fraction of sp³-hybridized carbons (Fsp3) is 0.263. The molecule has 27 heavy (non-hydrogen) atoms. The number of carbonyl (C=O) groups is 1. The van der Waals surface area contributed by atoms with Crippen molar-refractivity contribution < 1.29 is 28.8 Å². The Morgan fingerprint density at radius 1 is 1.22 bits per heavy atom. The van der Waals surface area contributed by atoms with Crippen molar-refractivity contribution in [2.24, 2.45) is 0 Å². The number of aryl methyl sites for hydroxylation is 1. The molecule has 0 spiro atoms. The number of hydrogen-bond acceptors (Lipinski definition) is 6. The molecule has 2 heterocycles. The summed E-state index contributed by atoms with van der Waals surface area (Å²) in [7, 11) is 0. The number of aromatic nitrogens is 4. The number of hydrogen-bond donors (Lipinski definition) is 1. The van der Waals surface area contributed by atoms with Gasteiger partial charge in [0.1, 0.15) is 5.82 Å². The van der Waals surface area contributed by atoms with Gasteiger partial charge in [0.05, 0.1) is 18.2 Å². The Morgan fingerprint density at radius 2 is 1.85 bits per heavy atom. The third kappa shape index (κ3) is 4.21. The maximum absolute atomic E-state index is 10.8. The predicted molar refractivity (Wildman–Crippen MR) is 94.3 cm³/mol. The van der Waals surface area contributed by atoms with Crippen LogP contribution in [-0.2, 0) is 24.2 Å². The zero-order chi connectivity index (χ0) is 18.1. The molecule has 4 rings (SSSR count). The molecule has 0 radical (unpaired) electrons. The van der Waals surface area contributed by atoms with Gasteiger partial charge in [-0.25, -0.2) is 15.0 Å². The second-order valence-electron chi connectivity index (χ2n) is 6.49. The Balaban J connectivity index is 0.00000210. The van der Waals surface area contributed by atoms with Crippen LogP contribution in [0.1, 0.15) is 17.0 Å². The molecular weight excluding hydrogens is 337 g/mol. The van der Waals surface area contributed by atoms with Gasteiger partial charge in [0.2, 0.25) is 5.95 Å². The molecule has 0 fully saturated rings. The standard InChI is InChI=1S/C19H19N5O2.Li/c1-12-22-17(10-24(12)11-18(25)26)15-8-20-19(21-9-15)23-16-6-13-4-2-3-5-14(13)7-16;/h2-5,8-10,16H,6-7,11H2,1H3,(H,25,26)(H,20,21,23);/q;+1/p-1. The molecular formula is C19H18LiN5O2. The van der Waals surface area contributed by atoms with E-state index in [-0.39, 0.29) is 25.4 Å². The van der Waals surface area contributed by atoms with Crippen molar-refractivity contribution in [2.75, 3.05) is 5.32 Å². The Bertz CT molecular complexity index is 930. The van der Waals surface area contributed by atoms with E-state index in [0.717, 1.165) is 18.4 Å². The van der Waals surface area contributed by atoms with Crippen LogP contribution in [0.2, 0.25) is 0 Å². The number of anilines is 1. The number of benzene rings is 1. The maximum Gasteiger partial charge on any atom is 1.00 e. The van der Waals surface area contributed by atoms with Crippen LogP contribution in [0.25, 0.3) is 11.3 Å². The molecule has 3 aromatic rings. The van der Waals surface area contributed by atoms with E-state index >= 15 is 0 Å². The summed E-state index contributed by atoms with van der Waals surface area (Å²) in [4.78, 5) is 23.9. The minimum atomic E-state index is -1.15. The first-order valence-corrected chi connectivity index (χ1v) is 8.48. The zero-order valence-electron chi connectivity index (χ0n) is 15.3. The zero-order valence-corrected chi connectivity index (χ0v) is 15.3. The van der Waals surface area contributed by atoms with Gasteiger partial charge in [-0.15, -0.1) is 0 Å². The van der Waals surface area contributed by atoms with E-state index < -0.39 is 5.97 Å². The predicted octanol–water partition coefficient (Wildman–Crippen LogP) is -2.02. The molecule has 1 aliphatic rings. The molecule has 0 bridgehead atoms. The average Bonchev–Trinajstić information content (AvgIpc) is 3.18. The molecule has 0 atom stereocenters. The smallest absolute Gasteiger partial charge is 0.548 e. The third-order valence-electron chi connectivity index (χ3n) is 4.61. The molecule has 0 saturated heterocycles. The van der Waals surface area contributed by atoms with E-state index in [1.807, 2.05) is 0 Å². The number of carbonyl (C=O) groups excluding carboxylic acids is 1. The molecule has 7 nitrogen and oxygen atoms in total. The number of imidazole rings is 1. The molecule has 0 saturated carbocycles. The second kappa shape index (κ2) is 7.95. The number of carboxylic acids is 1. The fourth-order valence-electron chi connectivity index (χ4n) is 3.32. The van der Waals surface area contributed by atoms with Crippen molar-refractivity contribution >= 4 is 11.9 Å². The summed E-state index contributed by atoms with van der Waals surface area (Å²) in [5.74, 6) is 0.0398. The Morgan fingerprint density at radius 3 is 2.44 bits per heavy atom. The van der Waals surface area contributed by atoms with Gasteiger partial charge in [0.15, 0.2) is 0 Å². The Kier molecular flexibility index (Phi) is 5.64. The summed E-state index contributed by atoms with van der Waals surface area (Å²) in [6.45, 7) is 1.53. The van der Waals surface area contributed by atoms with Gasteiger partial charge in [-0.3, -0.25) is 0 Å². The summed E-state index contributed by atoms with van der Waals surface area (Å²) in [6.07, 6.45) is 7.00. The van der Waals surface area contributed by atoms with Gasteiger partial charge < -0.3 is 19.8 Å². The van der Waals surface area contributed by atoms with Crippen LogP contribution < -0.4 is 29.3 Å². The molecule has 0 amide bonds. The topological polar surface area (TPSA) is 95.8 Å². The van der Waals surface area contributed by atoms with E-state index in [1.165, 1.54) is 15.7 Å². The van der Waals surface area contributed by atoms with Gasteiger partial charge in [0, 0.05) is 30.2 Å². The van der Waals surface area contributed by atoms with Crippen LogP contribution in [0.15, 0.2) is 42.9 Å². The average molecular weight is 355 g/mol. The monoisotopic (exact) mass is 355 g/mol. The summed E-state index contributed by atoms with van der Waals surface area (Å²) in [5.41, 5.74) is 4.13. The summed E-state index contributed by atoms with van der Waals surface area (Å²) in [5, 5.41) is 14.1. The van der Waals surface area contributed by atoms with Crippen molar-refractivity contribution in [3.8, 4) is 11.3 Å². The Labute approximate surface area is 169 Å². The first-order chi connectivity index (χ1) is 12.6. The molecule has 1 aliphatic carbocycles. The number of nitrogens with zero attached hydrogens (tertiary/aromatic N) is 4. The van der Waals surface area contributed by atoms with E-state index in [1.54, 1.807) is 25.5 Å².